The average molecular weight is 245 g/mol. The second-order valence-electron chi connectivity index (χ2n) is 4.23. The maximum atomic E-state index is 5.37. The summed E-state index contributed by atoms with van der Waals surface area (Å²) in [6.45, 7) is 3.84. The molecule has 1 heterocycles. The van der Waals surface area contributed by atoms with Gasteiger partial charge >= 0.3 is 0 Å². The van der Waals surface area contributed by atoms with Crippen LogP contribution in [0.25, 0.3) is 11.3 Å². The number of nitrogens with zero attached hydrogens (tertiary/aromatic N) is 2. The molecule has 1 aromatic heterocycles. The van der Waals surface area contributed by atoms with E-state index in [1.54, 1.807) is 7.11 Å². The third-order valence-corrected chi connectivity index (χ3v) is 2.85. The Balaban J connectivity index is 2.32. The molecule has 0 amide bonds. The number of rotatable bonds is 5. The summed E-state index contributed by atoms with van der Waals surface area (Å²) in [6.07, 6.45) is 3.82. The molecule has 4 nitrogen and oxygen atoms in total. The van der Waals surface area contributed by atoms with Gasteiger partial charge in [-0.15, -0.1) is 0 Å². The first-order chi connectivity index (χ1) is 8.74. The Bertz CT molecular complexity index is 520. The summed E-state index contributed by atoms with van der Waals surface area (Å²) >= 11 is 0. The van der Waals surface area contributed by atoms with Gasteiger partial charge in [0.15, 0.2) is 0 Å². The molecule has 2 rings (SSSR count). The van der Waals surface area contributed by atoms with Gasteiger partial charge in [-0.2, -0.15) is 0 Å². The number of ether oxygens (including phenoxy) is 1. The fourth-order valence-corrected chi connectivity index (χ4v) is 1.90. The Morgan fingerprint density at radius 3 is 2.83 bits per heavy atom. The molecule has 96 valence electrons. The molecule has 2 aromatic rings. The molecule has 0 aliphatic carbocycles. The van der Waals surface area contributed by atoms with Gasteiger partial charge in [-0.1, -0.05) is 6.92 Å². The van der Waals surface area contributed by atoms with Gasteiger partial charge in [-0.05, 0) is 24.7 Å². The van der Waals surface area contributed by atoms with Gasteiger partial charge in [-0.25, -0.2) is 4.98 Å². The highest BCUT2D eigenvalue weighted by Gasteiger charge is 2.07. The summed E-state index contributed by atoms with van der Waals surface area (Å²) in [4.78, 5) is 4.36. The molecule has 0 aliphatic heterocycles. The second-order valence-corrected chi connectivity index (χ2v) is 4.23. The summed E-state index contributed by atoms with van der Waals surface area (Å²) < 4.78 is 7.32. The van der Waals surface area contributed by atoms with Crippen LogP contribution in [0, 0.1) is 0 Å². The molecular weight excluding hydrogens is 226 g/mol. The Hall–Kier alpha value is -1.81. The van der Waals surface area contributed by atoms with E-state index >= 15 is 0 Å². The van der Waals surface area contributed by atoms with E-state index < -0.39 is 0 Å². The fraction of sp³-hybridized carbons (Fsp3) is 0.357. The smallest absolute Gasteiger partial charge is 0.123 e. The molecule has 0 unspecified atom stereocenters. The van der Waals surface area contributed by atoms with Crippen LogP contribution in [-0.2, 0) is 13.6 Å². The van der Waals surface area contributed by atoms with E-state index in [4.69, 9.17) is 4.74 Å². The lowest BCUT2D eigenvalue weighted by molar-refractivity contribution is 0.408. The van der Waals surface area contributed by atoms with Crippen molar-refractivity contribution in [1.29, 1.82) is 0 Å². The van der Waals surface area contributed by atoms with Crippen molar-refractivity contribution >= 4 is 0 Å². The highest BCUT2D eigenvalue weighted by atomic mass is 16.5. The van der Waals surface area contributed by atoms with Crippen LogP contribution in [0.15, 0.2) is 30.7 Å². The van der Waals surface area contributed by atoms with Crippen LogP contribution in [0.5, 0.6) is 5.75 Å². The quantitative estimate of drug-likeness (QED) is 0.877. The molecule has 0 aliphatic rings. The van der Waals surface area contributed by atoms with E-state index in [2.05, 4.69) is 23.3 Å². The molecule has 0 saturated carbocycles. The Labute approximate surface area is 108 Å². The third-order valence-electron chi connectivity index (χ3n) is 2.85. The van der Waals surface area contributed by atoms with Crippen molar-refractivity contribution in [3.05, 3.63) is 36.3 Å². The number of methoxy groups -OCH3 is 1. The summed E-state index contributed by atoms with van der Waals surface area (Å²) in [5.74, 6) is 0.913. The molecule has 0 bridgehead atoms. The maximum Gasteiger partial charge on any atom is 0.123 e. The molecule has 4 heteroatoms. The highest BCUT2D eigenvalue weighted by Crippen LogP contribution is 2.25. The molecule has 0 radical (unpaired) electrons. The van der Waals surface area contributed by atoms with Gasteiger partial charge in [0.05, 0.1) is 19.1 Å². The second kappa shape index (κ2) is 5.69. The fourth-order valence-electron chi connectivity index (χ4n) is 1.90. The zero-order chi connectivity index (χ0) is 13.0. The van der Waals surface area contributed by atoms with Crippen molar-refractivity contribution < 1.29 is 4.74 Å². The lowest BCUT2D eigenvalue weighted by Crippen LogP contribution is -2.12. The minimum atomic E-state index is 0.806. The van der Waals surface area contributed by atoms with Crippen LogP contribution in [0.3, 0.4) is 0 Å². The van der Waals surface area contributed by atoms with Gasteiger partial charge in [0.1, 0.15) is 5.75 Å². The Morgan fingerprint density at radius 1 is 1.39 bits per heavy atom. The lowest BCUT2D eigenvalue weighted by Gasteiger charge is -2.10. The number of aromatic nitrogens is 2. The summed E-state index contributed by atoms with van der Waals surface area (Å²) in [6, 6.07) is 6.16. The maximum absolute atomic E-state index is 5.37. The predicted molar refractivity (Wildman–Crippen MR) is 72.6 cm³/mol. The summed E-state index contributed by atoms with van der Waals surface area (Å²) in [5, 5.41) is 3.32. The molecule has 18 heavy (non-hydrogen) atoms. The zero-order valence-electron chi connectivity index (χ0n) is 11.1. The normalized spacial score (nSPS) is 10.6. The molecule has 0 fully saturated rings. The van der Waals surface area contributed by atoms with Crippen molar-refractivity contribution in [3.8, 4) is 17.0 Å². The standard InChI is InChI=1S/C14H19N3O/c1-4-15-8-12-7-11(5-6-14(12)18-3)13-9-17(2)10-16-13/h5-7,9-10,15H,4,8H2,1-3H3. The van der Waals surface area contributed by atoms with Crippen LogP contribution in [-0.4, -0.2) is 23.2 Å². The summed E-state index contributed by atoms with van der Waals surface area (Å²) in [5.41, 5.74) is 3.25. The van der Waals surface area contributed by atoms with E-state index in [1.165, 1.54) is 0 Å². The number of hydrogen-bond donors (Lipinski definition) is 1. The molecule has 1 aromatic carbocycles. The highest BCUT2D eigenvalue weighted by molar-refractivity contribution is 5.61. The van der Waals surface area contributed by atoms with Gasteiger partial charge in [0, 0.05) is 30.9 Å². The monoisotopic (exact) mass is 245 g/mol. The van der Waals surface area contributed by atoms with Crippen molar-refractivity contribution in [1.82, 2.24) is 14.9 Å². The molecule has 0 saturated heterocycles. The average Bonchev–Trinajstić information content (AvgIpc) is 2.82. The number of imidazole rings is 1. The molecular formula is C14H19N3O. The van der Waals surface area contributed by atoms with Crippen molar-refractivity contribution in [3.63, 3.8) is 0 Å². The van der Waals surface area contributed by atoms with Gasteiger partial charge in [-0.3, -0.25) is 0 Å². The summed E-state index contributed by atoms with van der Waals surface area (Å²) in [7, 11) is 3.67. The largest absolute Gasteiger partial charge is 0.496 e. The van der Waals surface area contributed by atoms with Gasteiger partial charge < -0.3 is 14.6 Å². The zero-order valence-corrected chi connectivity index (χ0v) is 11.1. The van der Waals surface area contributed by atoms with Crippen molar-refractivity contribution in [2.75, 3.05) is 13.7 Å². The number of nitrogens with one attached hydrogen (secondary N) is 1. The van der Waals surface area contributed by atoms with Gasteiger partial charge in [0.2, 0.25) is 0 Å². The first-order valence-electron chi connectivity index (χ1n) is 6.10. The van der Waals surface area contributed by atoms with E-state index in [9.17, 15) is 0 Å². The number of hydrogen-bond acceptors (Lipinski definition) is 3. The number of benzene rings is 1. The van der Waals surface area contributed by atoms with E-state index in [-0.39, 0.29) is 0 Å². The van der Waals surface area contributed by atoms with Crippen LogP contribution < -0.4 is 10.1 Å². The topological polar surface area (TPSA) is 39.1 Å². The van der Waals surface area contributed by atoms with Crippen molar-refractivity contribution in [2.45, 2.75) is 13.5 Å². The predicted octanol–water partition coefficient (Wildman–Crippen LogP) is 2.21. The van der Waals surface area contributed by atoms with E-state index in [0.717, 1.165) is 35.7 Å². The van der Waals surface area contributed by atoms with Crippen molar-refractivity contribution in [2.24, 2.45) is 7.05 Å². The minimum absolute atomic E-state index is 0.806. The molecule has 1 N–H and O–H groups in total. The first-order valence-corrected chi connectivity index (χ1v) is 6.10. The third kappa shape index (κ3) is 2.71. The minimum Gasteiger partial charge on any atom is -0.496 e. The van der Waals surface area contributed by atoms with E-state index in [0.29, 0.717) is 0 Å². The van der Waals surface area contributed by atoms with Crippen LogP contribution >= 0.6 is 0 Å². The van der Waals surface area contributed by atoms with Crippen LogP contribution in [0.1, 0.15) is 12.5 Å². The number of aryl methyl sites for hydroxylation is 1. The SMILES string of the molecule is CCNCc1cc(-c2cn(C)cn2)ccc1OC. The lowest BCUT2D eigenvalue weighted by atomic mass is 10.1. The first kappa shape index (κ1) is 12.6. The van der Waals surface area contributed by atoms with Crippen LogP contribution in [0.2, 0.25) is 0 Å². The molecule has 0 spiro atoms. The van der Waals surface area contributed by atoms with Crippen LogP contribution in [0.4, 0.5) is 0 Å². The Kier molecular flexibility index (Phi) is 3.99. The molecule has 0 atom stereocenters. The van der Waals surface area contributed by atoms with E-state index in [1.807, 2.05) is 36.3 Å². The van der Waals surface area contributed by atoms with Gasteiger partial charge in [0.25, 0.3) is 0 Å². The Morgan fingerprint density at radius 2 is 2.22 bits per heavy atom.